The van der Waals surface area contributed by atoms with Gasteiger partial charge in [-0.05, 0) is 25.5 Å². The van der Waals surface area contributed by atoms with Crippen molar-refractivity contribution < 1.29 is 13.9 Å². The Morgan fingerprint density at radius 1 is 1.26 bits per heavy atom. The minimum absolute atomic E-state index is 0.0647. The molecule has 0 radical (unpaired) electrons. The third-order valence-electron chi connectivity index (χ3n) is 4.15. The highest BCUT2D eigenvalue weighted by Crippen LogP contribution is 2.35. The van der Waals surface area contributed by atoms with Gasteiger partial charge in [0.1, 0.15) is 9.71 Å². The highest BCUT2D eigenvalue weighted by atomic mass is 32.1. The fourth-order valence-electron chi connectivity index (χ4n) is 2.93. The number of carbonyl (C=O) groups excluding carboxylic acids is 1. The smallest absolute Gasteiger partial charge is 0.351 e. The molecule has 3 heterocycles. The highest BCUT2D eigenvalue weighted by molar-refractivity contribution is 7.21. The van der Waals surface area contributed by atoms with E-state index in [4.69, 9.17) is 14.9 Å². The van der Waals surface area contributed by atoms with Crippen LogP contribution in [0.3, 0.4) is 0 Å². The van der Waals surface area contributed by atoms with Gasteiger partial charge in [-0.1, -0.05) is 30.3 Å². The molecule has 3 aromatic heterocycles. The Morgan fingerprint density at radius 3 is 2.81 bits per heavy atom. The van der Waals surface area contributed by atoms with E-state index in [1.807, 2.05) is 50.2 Å². The molecule has 27 heavy (non-hydrogen) atoms. The van der Waals surface area contributed by atoms with E-state index in [-0.39, 0.29) is 6.61 Å². The number of benzene rings is 1. The summed E-state index contributed by atoms with van der Waals surface area (Å²) in [5, 5.41) is 0.806. The first-order valence-corrected chi connectivity index (χ1v) is 9.18. The number of carbonyl (C=O) groups is 1. The lowest BCUT2D eigenvalue weighted by Crippen LogP contribution is -2.05. The van der Waals surface area contributed by atoms with Gasteiger partial charge in [0, 0.05) is 16.6 Å². The number of esters is 1. The fraction of sp³-hybridized carbons (Fsp3) is 0.150. The number of nitrogens with zero attached hydrogens (tertiary/aromatic N) is 2. The topological polar surface area (TPSA) is 91.2 Å². The third-order valence-corrected chi connectivity index (χ3v) is 5.23. The van der Waals surface area contributed by atoms with Gasteiger partial charge in [-0.25, -0.2) is 14.8 Å². The van der Waals surface area contributed by atoms with Crippen LogP contribution in [-0.2, 0) is 11.3 Å². The van der Waals surface area contributed by atoms with Crippen LogP contribution < -0.4 is 5.73 Å². The number of ether oxygens (including phenoxy) is 1. The minimum Gasteiger partial charge on any atom is -0.451 e. The molecule has 0 aliphatic rings. The third kappa shape index (κ3) is 3.29. The largest absolute Gasteiger partial charge is 0.451 e. The van der Waals surface area contributed by atoms with Gasteiger partial charge in [0.25, 0.3) is 0 Å². The van der Waals surface area contributed by atoms with Crippen molar-refractivity contribution in [3.63, 3.8) is 0 Å². The summed E-state index contributed by atoms with van der Waals surface area (Å²) in [4.78, 5) is 22.2. The Hall–Kier alpha value is -3.19. The lowest BCUT2D eigenvalue weighted by Gasteiger charge is -2.02. The first-order valence-electron chi connectivity index (χ1n) is 8.36. The summed E-state index contributed by atoms with van der Waals surface area (Å²) in [5.74, 6) is 0.442. The van der Waals surface area contributed by atoms with Crippen LogP contribution >= 0.6 is 11.3 Å². The molecule has 0 fully saturated rings. The molecule has 0 spiro atoms. The van der Waals surface area contributed by atoms with E-state index in [0.717, 1.165) is 27.0 Å². The number of anilines is 1. The van der Waals surface area contributed by atoms with Crippen molar-refractivity contribution in [2.75, 3.05) is 5.73 Å². The number of hydrogen-bond acceptors (Lipinski definition) is 7. The normalized spacial score (nSPS) is 11.0. The standard InChI is InChI=1S/C20H17N3O3S/c1-11-8-12(2)23-19-16(11)17(21)18(27-19)20(24)25-10-15-22-9-14(26-15)13-6-4-3-5-7-13/h3-9H,10,21H2,1-2H3. The van der Waals surface area contributed by atoms with E-state index in [2.05, 4.69) is 9.97 Å². The van der Waals surface area contributed by atoms with E-state index in [1.54, 1.807) is 6.20 Å². The Labute approximate surface area is 159 Å². The number of rotatable bonds is 4. The first kappa shape index (κ1) is 17.2. The molecule has 4 rings (SSSR count). The molecule has 0 atom stereocenters. The molecule has 6 nitrogen and oxygen atoms in total. The van der Waals surface area contributed by atoms with Gasteiger partial charge in [0.2, 0.25) is 5.89 Å². The minimum atomic E-state index is -0.507. The van der Waals surface area contributed by atoms with Gasteiger partial charge in [-0.2, -0.15) is 0 Å². The van der Waals surface area contributed by atoms with Crippen LogP contribution in [-0.4, -0.2) is 15.9 Å². The number of aryl methyl sites for hydroxylation is 2. The highest BCUT2D eigenvalue weighted by Gasteiger charge is 2.21. The van der Waals surface area contributed by atoms with Crippen LogP contribution in [0.1, 0.15) is 26.8 Å². The van der Waals surface area contributed by atoms with E-state index in [0.29, 0.717) is 22.2 Å². The first-order chi connectivity index (χ1) is 13.0. The summed E-state index contributed by atoms with van der Waals surface area (Å²) >= 11 is 1.24. The zero-order valence-corrected chi connectivity index (χ0v) is 15.7. The summed E-state index contributed by atoms with van der Waals surface area (Å²) < 4.78 is 11.0. The molecule has 0 unspecified atom stereocenters. The average Bonchev–Trinajstić information content (AvgIpc) is 3.25. The number of nitrogen functional groups attached to an aromatic ring is 1. The molecule has 0 aliphatic carbocycles. The van der Waals surface area contributed by atoms with Crippen LogP contribution in [0.15, 0.2) is 47.0 Å². The molecule has 2 N–H and O–H groups in total. The lowest BCUT2D eigenvalue weighted by molar-refractivity contribution is 0.0446. The molecule has 0 saturated carbocycles. The van der Waals surface area contributed by atoms with Crippen molar-refractivity contribution in [1.82, 2.24) is 9.97 Å². The molecule has 7 heteroatoms. The lowest BCUT2D eigenvalue weighted by atomic mass is 10.1. The number of nitrogens with two attached hydrogens (primary N) is 1. The molecular formula is C20H17N3O3S. The maximum absolute atomic E-state index is 12.5. The van der Waals surface area contributed by atoms with Crippen LogP contribution in [0.25, 0.3) is 21.5 Å². The predicted molar refractivity (Wildman–Crippen MR) is 105 cm³/mol. The summed E-state index contributed by atoms with van der Waals surface area (Å²) in [6.45, 7) is 3.80. The molecule has 136 valence electrons. The van der Waals surface area contributed by atoms with Crippen molar-refractivity contribution in [2.24, 2.45) is 0 Å². The van der Waals surface area contributed by atoms with Gasteiger partial charge in [0.05, 0.1) is 11.9 Å². The molecular weight excluding hydrogens is 362 g/mol. The second-order valence-electron chi connectivity index (χ2n) is 6.17. The molecule has 0 saturated heterocycles. The van der Waals surface area contributed by atoms with Gasteiger partial charge >= 0.3 is 5.97 Å². The molecule has 4 aromatic rings. The Kier molecular flexibility index (Phi) is 4.37. The van der Waals surface area contributed by atoms with E-state index in [1.165, 1.54) is 11.3 Å². The SMILES string of the molecule is Cc1cc(C)c2c(N)c(C(=O)OCc3ncc(-c4ccccc4)o3)sc2n1. The Balaban J connectivity index is 1.52. The van der Waals surface area contributed by atoms with Gasteiger partial charge in [-0.3, -0.25) is 0 Å². The zero-order chi connectivity index (χ0) is 19.0. The van der Waals surface area contributed by atoms with Crippen molar-refractivity contribution in [1.29, 1.82) is 0 Å². The maximum Gasteiger partial charge on any atom is 0.351 e. The fourth-order valence-corrected chi connectivity index (χ4v) is 4.04. The number of oxazole rings is 1. The summed E-state index contributed by atoms with van der Waals surface area (Å²) in [6.07, 6.45) is 1.61. The summed E-state index contributed by atoms with van der Waals surface area (Å²) in [6, 6.07) is 11.5. The van der Waals surface area contributed by atoms with Gasteiger partial charge < -0.3 is 14.9 Å². The van der Waals surface area contributed by atoms with E-state index < -0.39 is 5.97 Å². The zero-order valence-electron chi connectivity index (χ0n) is 14.9. The average molecular weight is 379 g/mol. The molecule has 0 bridgehead atoms. The Morgan fingerprint density at radius 2 is 2.04 bits per heavy atom. The second-order valence-corrected chi connectivity index (χ2v) is 7.17. The number of thiophene rings is 1. The number of aromatic nitrogens is 2. The van der Waals surface area contributed by atoms with Crippen molar-refractivity contribution in [3.8, 4) is 11.3 Å². The van der Waals surface area contributed by atoms with Gasteiger partial charge in [-0.15, -0.1) is 11.3 Å². The van der Waals surface area contributed by atoms with E-state index >= 15 is 0 Å². The second kappa shape index (κ2) is 6.85. The molecule has 0 amide bonds. The molecule has 0 aliphatic heterocycles. The van der Waals surface area contributed by atoms with Crippen molar-refractivity contribution >= 4 is 33.2 Å². The Bertz CT molecular complexity index is 1130. The van der Waals surface area contributed by atoms with Crippen LogP contribution in [0.4, 0.5) is 5.69 Å². The predicted octanol–water partition coefficient (Wildman–Crippen LogP) is 4.51. The van der Waals surface area contributed by atoms with E-state index in [9.17, 15) is 4.79 Å². The van der Waals surface area contributed by atoms with Crippen LogP contribution in [0.5, 0.6) is 0 Å². The summed E-state index contributed by atoms with van der Waals surface area (Å²) in [5.41, 5.74) is 9.36. The maximum atomic E-state index is 12.5. The number of pyridine rings is 1. The monoisotopic (exact) mass is 379 g/mol. The van der Waals surface area contributed by atoms with Gasteiger partial charge in [0.15, 0.2) is 12.4 Å². The van der Waals surface area contributed by atoms with Crippen molar-refractivity contribution in [2.45, 2.75) is 20.5 Å². The van der Waals surface area contributed by atoms with Crippen LogP contribution in [0.2, 0.25) is 0 Å². The number of hydrogen-bond donors (Lipinski definition) is 1. The quantitative estimate of drug-likeness (QED) is 0.525. The van der Waals surface area contributed by atoms with Crippen molar-refractivity contribution in [3.05, 3.63) is 64.6 Å². The summed E-state index contributed by atoms with van der Waals surface area (Å²) in [7, 11) is 0. The number of fused-ring (bicyclic) bond motifs is 1. The molecule has 1 aromatic carbocycles. The van der Waals surface area contributed by atoms with Crippen LogP contribution in [0, 0.1) is 13.8 Å².